The van der Waals surface area contributed by atoms with Crippen molar-refractivity contribution in [3.8, 4) is 0 Å². The Balaban J connectivity index is -0.0000000734. The summed E-state index contributed by atoms with van der Waals surface area (Å²) in [4.78, 5) is 0. The first kappa shape index (κ1) is 33.5. The van der Waals surface area contributed by atoms with Crippen LogP contribution in [-0.2, 0) is 0 Å². The fourth-order valence-corrected chi connectivity index (χ4v) is 3.35. The number of hydrogen-bond donors (Lipinski definition) is 0. The Bertz CT molecular complexity index is 105. The largest absolute Gasteiger partial charge is 1.00 e. The van der Waals surface area contributed by atoms with Gasteiger partial charge in [0.1, 0.15) is 0 Å². The zero-order valence-corrected chi connectivity index (χ0v) is 18.4. The topological polar surface area (TPSA) is 0 Å². The van der Waals surface area contributed by atoms with Crippen molar-refractivity contribution in [2.45, 2.75) is 94.4 Å². The average molecular weight is 374 g/mol. The summed E-state index contributed by atoms with van der Waals surface area (Å²) in [6.45, 7) is 6.79. The molecule has 0 amide bonds. The molecule has 0 aliphatic rings. The number of hydrogen-bond acceptors (Lipinski definition) is 0. The second-order valence-corrected chi connectivity index (χ2v) is 7.09. The van der Waals surface area contributed by atoms with Crippen LogP contribution >= 0.6 is 0 Å². The first-order chi connectivity index (χ1) is 8.33. The van der Waals surface area contributed by atoms with Gasteiger partial charge in [0, 0.05) is 0 Å². The second kappa shape index (κ2) is 37.3. The predicted molar refractivity (Wildman–Crippen MR) is 84.5 cm³/mol. The van der Waals surface area contributed by atoms with Gasteiger partial charge in [0.05, 0.1) is 0 Å². The molecule has 120 valence electrons. The molecule has 0 aromatic rings. The Morgan fingerprint density at radius 3 is 1.20 bits per heavy atom. The van der Waals surface area contributed by atoms with Crippen molar-refractivity contribution < 1.29 is 37.2 Å². The summed E-state index contributed by atoms with van der Waals surface area (Å²) < 4.78 is 0. The minimum Gasteiger partial charge on any atom is -1.00 e. The van der Waals surface area contributed by atoms with Crippen LogP contribution in [0.2, 0.25) is 15.8 Å². The van der Waals surface area contributed by atoms with E-state index in [2.05, 4.69) is 37.1 Å². The van der Waals surface area contributed by atoms with E-state index in [0.29, 0.717) is 0 Å². The van der Waals surface area contributed by atoms with Crippen molar-refractivity contribution in [2.24, 2.45) is 0 Å². The molecule has 0 radical (unpaired) electrons. The SMILES string of the molecule is CCCC[CH2][Al+2].CCCC[CH2][Al+][CH2]CCCC.[Cl-].[Cl-].[Cl-]. The quantitative estimate of drug-likeness (QED) is 0.263. The van der Waals surface area contributed by atoms with Gasteiger partial charge >= 0.3 is 126 Å². The van der Waals surface area contributed by atoms with Crippen LogP contribution in [0.1, 0.15) is 78.6 Å². The maximum atomic E-state index is 2.73. The van der Waals surface area contributed by atoms with Gasteiger partial charge in [-0.1, -0.05) is 0 Å². The van der Waals surface area contributed by atoms with Gasteiger partial charge in [-0.25, -0.2) is 0 Å². The van der Waals surface area contributed by atoms with Crippen LogP contribution in [0, 0.1) is 0 Å². The van der Waals surface area contributed by atoms with Crippen LogP contribution in [0.15, 0.2) is 0 Å². The zero-order chi connectivity index (χ0) is 13.2. The van der Waals surface area contributed by atoms with Crippen LogP contribution in [0.25, 0.3) is 0 Å². The molecule has 5 heteroatoms. The molecule has 20 heavy (non-hydrogen) atoms. The van der Waals surface area contributed by atoms with E-state index in [1.165, 1.54) is 63.1 Å². The van der Waals surface area contributed by atoms with Crippen LogP contribution in [-0.4, -0.2) is 31.5 Å². The van der Waals surface area contributed by atoms with Crippen molar-refractivity contribution in [3.63, 3.8) is 0 Å². The molecule has 0 rings (SSSR count). The number of rotatable bonds is 11. The minimum atomic E-state index is 0. The van der Waals surface area contributed by atoms with Gasteiger partial charge in [0.15, 0.2) is 0 Å². The van der Waals surface area contributed by atoms with Crippen LogP contribution < -0.4 is 37.2 Å². The molecule has 0 bridgehead atoms. The van der Waals surface area contributed by atoms with E-state index in [0.717, 1.165) is 15.2 Å². The summed E-state index contributed by atoms with van der Waals surface area (Å²) in [5.41, 5.74) is 0. The van der Waals surface area contributed by atoms with Crippen molar-refractivity contribution in [1.82, 2.24) is 0 Å². The summed E-state index contributed by atoms with van der Waals surface area (Å²) in [7, 11) is 0. The molecular formula is C15H33Al2Cl3. The van der Waals surface area contributed by atoms with E-state index in [1.807, 2.05) is 0 Å². The van der Waals surface area contributed by atoms with Crippen molar-refractivity contribution in [1.29, 1.82) is 0 Å². The van der Waals surface area contributed by atoms with E-state index in [9.17, 15) is 0 Å². The third-order valence-electron chi connectivity index (χ3n) is 2.83. The summed E-state index contributed by atoms with van der Waals surface area (Å²) in [5, 5.41) is 4.38. The predicted octanol–water partition coefficient (Wildman–Crippen LogP) is -3.32. The Hall–Kier alpha value is 1.93. The maximum absolute atomic E-state index is 2.73. The monoisotopic (exact) mass is 372 g/mol. The van der Waals surface area contributed by atoms with Gasteiger partial charge in [-0.05, 0) is 0 Å². The first-order valence-electron chi connectivity index (χ1n) is 7.85. The molecular weight excluding hydrogens is 340 g/mol. The van der Waals surface area contributed by atoms with Crippen molar-refractivity contribution >= 4 is 31.5 Å². The molecule has 0 aromatic heterocycles. The minimum absolute atomic E-state index is 0. The molecule has 0 aliphatic carbocycles. The van der Waals surface area contributed by atoms with Crippen molar-refractivity contribution in [2.75, 3.05) is 0 Å². The Kier molecular flexibility index (Phi) is 62.5. The van der Waals surface area contributed by atoms with Crippen LogP contribution in [0.5, 0.6) is 0 Å². The Morgan fingerprint density at radius 2 is 0.950 bits per heavy atom. The van der Waals surface area contributed by atoms with Gasteiger partial charge in [-0.2, -0.15) is 0 Å². The van der Waals surface area contributed by atoms with Gasteiger partial charge in [0.25, 0.3) is 0 Å². The molecule has 0 unspecified atom stereocenters. The summed E-state index contributed by atoms with van der Waals surface area (Å²) in [5.74, 6) is 0. The molecule has 0 nitrogen and oxygen atoms in total. The second-order valence-electron chi connectivity index (χ2n) is 4.78. The molecule has 0 heterocycles. The smallest absolute Gasteiger partial charge is 1.00 e. The van der Waals surface area contributed by atoms with Gasteiger partial charge in [0.2, 0.25) is 0 Å². The number of halogens is 3. The van der Waals surface area contributed by atoms with Crippen molar-refractivity contribution in [3.05, 3.63) is 0 Å². The van der Waals surface area contributed by atoms with Crippen LogP contribution in [0.4, 0.5) is 0 Å². The Labute approximate surface area is 162 Å². The van der Waals surface area contributed by atoms with E-state index in [1.54, 1.807) is 10.6 Å². The normalized spacial score (nSPS) is 8.05. The molecule has 0 N–H and O–H groups in total. The third kappa shape index (κ3) is 42.7. The van der Waals surface area contributed by atoms with Gasteiger partial charge < -0.3 is 37.2 Å². The molecule has 0 fully saturated rings. The molecule has 0 aliphatic heterocycles. The maximum Gasteiger partial charge on any atom is -1.00 e. The van der Waals surface area contributed by atoms with E-state index >= 15 is 0 Å². The average Bonchev–Trinajstić information content (AvgIpc) is 2.36. The molecule has 0 saturated heterocycles. The fraction of sp³-hybridized carbons (Fsp3) is 1.00. The van der Waals surface area contributed by atoms with E-state index in [-0.39, 0.29) is 37.2 Å². The van der Waals surface area contributed by atoms with Gasteiger partial charge in [-0.3, -0.25) is 0 Å². The zero-order valence-electron chi connectivity index (χ0n) is 13.8. The molecule has 0 atom stereocenters. The summed E-state index contributed by atoms with van der Waals surface area (Å²) in [6.07, 6.45) is 12.8. The first-order valence-corrected chi connectivity index (χ1v) is 10.3. The van der Waals surface area contributed by atoms with E-state index in [4.69, 9.17) is 0 Å². The third-order valence-corrected chi connectivity index (χ3v) is 4.87. The standard InChI is InChI=1S/3C5H11.2Al.3ClH/c3*1-3-5-4-2;;;;;/h3*1,3-5H2,2H3;;;3*1H/q;;;+1;+2;;;/p-3. The number of unbranched alkanes of at least 4 members (excludes halogenated alkanes) is 6. The molecule has 0 aromatic carbocycles. The Morgan fingerprint density at radius 1 is 0.600 bits per heavy atom. The van der Waals surface area contributed by atoms with Gasteiger partial charge in [-0.15, -0.1) is 0 Å². The van der Waals surface area contributed by atoms with Crippen LogP contribution in [0.3, 0.4) is 0 Å². The summed E-state index contributed by atoms with van der Waals surface area (Å²) >= 11 is 3.54. The van der Waals surface area contributed by atoms with E-state index < -0.39 is 0 Å². The molecule has 0 saturated carbocycles. The fourth-order valence-electron chi connectivity index (χ4n) is 1.62. The molecule has 0 spiro atoms. The summed E-state index contributed by atoms with van der Waals surface area (Å²) in [6, 6.07) is 0.